The van der Waals surface area contributed by atoms with Gasteiger partial charge in [0.25, 0.3) is 5.52 Å². The Bertz CT molecular complexity index is 1090. The van der Waals surface area contributed by atoms with Crippen molar-refractivity contribution in [3.8, 4) is 22.7 Å². The van der Waals surface area contributed by atoms with Gasteiger partial charge >= 0.3 is 4.34 Å². The molecule has 0 amide bonds. The number of oxazole rings is 1. The summed E-state index contributed by atoms with van der Waals surface area (Å²) in [5.41, 5.74) is 3.26. The maximum Gasteiger partial charge on any atom is 0.358 e. The summed E-state index contributed by atoms with van der Waals surface area (Å²) < 4.78 is 20.2. The number of pyridine rings is 1. The molecule has 4 rings (SSSR count). The van der Waals surface area contributed by atoms with E-state index in [1.54, 1.807) is 6.20 Å². The zero-order valence-corrected chi connectivity index (χ0v) is 15.9. The highest BCUT2D eigenvalue weighted by molar-refractivity contribution is 7.87. The molecule has 0 aliphatic carbocycles. The van der Waals surface area contributed by atoms with Gasteiger partial charge in [0.15, 0.2) is 4.83 Å². The predicted molar refractivity (Wildman–Crippen MR) is 102 cm³/mol. The maximum atomic E-state index is 12.7. The van der Waals surface area contributed by atoms with Gasteiger partial charge in [-0.2, -0.15) is 0 Å². The fourth-order valence-electron chi connectivity index (χ4n) is 2.68. The molecule has 6 nitrogen and oxygen atoms in total. The highest BCUT2D eigenvalue weighted by Crippen LogP contribution is 2.33. The quantitative estimate of drug-likeness (QED) is 0.431. The van der Waals surface area contributed by atoms with E-state index >= 15 is 0 Å². The van der Waals surface area contributed by atoms with Crippen molar-refractivity contribution in [1.29, 1.82) is 0 Å². The van der Waals surface area contributed by atoms with Crippen LogP contribution in [0.1, 0.15) is 13.8 Å². The Balaban J connectivity index is 2.04. The van der Waals surface area contributed by atoms with E-state index in [0.29, 0.717) is 20.8 Å². The minimum Gasteiger partial charge on any atom is -0.443 e. The van der Waals surface area contributed by atoms with Gasteiger partial charge in [-0.25, -0.2) is 20.0 Å². The molecule has 0 fully saturated rings. The second-order valence-electron chi connectivity index (χ2n) is 6.00. The first-order chi connectivity index (χ1) is 12.6. The van der Waals surface area contributed by atoms with Crippen LogP contribution in [-0.2, 0) is 10.8 Å². The molecule has 0 bridgehead atoms. The molecule has 3 heterocycles. The average molecular weight is 385 g/mol. The Morgan fingerprint density at radius 3 is 2.69 bits per heavy atom. The number of hydrogen-bond donors (Lipinski definition) is 1. The molecule has 0 aliphatic rings. The molecule has 1 aromatic carbocycles. The highest BCUT2D eigenvalue weighted by Gasteiger charge is 2.30. The summed E-state index contributed by atoms with van der Waals surface area (Å²) in [5, 5.41) is -0.0377. The molecule has 0 saturated heterocycles. The highest BCUT2D eigenvalue weighted by atomic mass is 32.2. The average Bonchev–Trinajstić information content (AvgIpc) is 3.29. The number of nitrogens with two attached hydrogens (primary N) is 1. The normalized spacial score (nSPS) is 12.7. The van der Waals surface area contributed by atoms with E-state index in [0.717, 1.165) is 16.6 Å². The van der Waals surface area contributed by atoms with Gasteiger partial charge < -0.3 is 4.42 Å². The molecule has 0 aliphatic heterocycles. The van der Waals surface area contributed by atoms with Crippen LogP contribution in [0.4, 0.5) is 0 Å². The maximum absolute atomic E-state index is 12.7. The van der Waals surface area contributed by atoms with Gasteiger partial charge in [-0.3, -0.25) is 0 Å². The van der Waals surface area contributed by atoms with Crippen LogP contribution in [-0.4, -0.2) is 19.4 Å². The van der Waals surface area contributed by atoms with Crippen LogP contribution in [0.25, 0.3) is 33.1 Å². The number of thiazole rings is 1. The van der Waals surface area contributed by atoms with Crippen LogP contribution in [0.5, 0.6) is 0 Å². The Morgan fingerprint density at radius 2 is 2.04 bits per heavy atom. The van der Waals surface area contributed by atoms with Crippen molar-refractivity contribution in [3.63, 3.8) is 0 Å². The van der Waals surface area contributed by atoms with Crippen molar-refractivity contribution >= 4 is 32.5 Å². The van der Waals surface area contributed by atoms with Crippen molar-refractivity contribution in [2.75, 3.05) is 5.84 Å². The standard InChI is InChI=1S/C18H17N4O2S2/c1-11(2)26(23)18-22(19)15-13(12-6-4-3-5-7-12)10-14(21-17(15)25-18)16-20-8-9-24-16/h3-11H,19H2,1-2H3/q+1. The summed E-state index contributed by atoms with van der Waals surface area (Å²) in [6.45, 7) is 3.81. The third-order valence-corrected chi connectivity index (χ3v) is 6.91. The Kier molecular flexibility index (Phi) is 4.29. The zero-order valence-electron chi connectivity index (χ0n) is 14.2. The van der Waals surface area contributed by atoms with Gasteiger partial charge in [0, 0.05) is 5.25 Å². The lowest BCUT2D eigenvalue weighted by molar-refractivity contribution is -0.644. The summed E-state index contributed by atoms with van der Waals surface area (Å²) in [6.07, 6.45) is 3.10. The van der Waals surface area contributed by atoms with Crippen molar-refractivity contribution in [1.82, 2.24) is 9.97 Å². The van der Waals surface area contributed by atoms with Gasteiger partial charge in [-0.1, -0.05) is 48.9 Å². The monoisotopic (exact) mass is 385 g/mol. The van der Waals surface area contributed by atoms with Crippen LogP contribution in [0, 0.1) is 0 Å². The molecule has 3 aromatic heterocycles. The molecule has 0 radical (unpaired) electrons. The summed E-state index contributed by atoms with van der Waals surface area (Å²) >= 11 is 1.34. The van der Waals surface area contributed by atoms with Gasteiger partial charge in [-0.15, -0.1) is 0 Å². The zero-order chi connectivity index (χ0) is 18.3. The molecule has 1 atom stereocenters. The van der Waals surface area contributed by atoms with Crippen molar-refractivity contribution in [2.45, 2.75) is 23.4 Å². The Hall–Kier alpha value is -2.58. The lowest BCUT2D eigenvalue weighted by Gasteiger charge is -2.03. The third kappa shape index (κ3) is 2.81. The number of aromatic nitrogens is 3. The van der Waals surface area contributed by atoms with Gasteiger partial charge in [0.1, 0.15) is 22.8 Å². The molecule has 4 aromatic rings. The number of hydrogen-bond acceptors (Lipinski definition) is 6. The fraction of sp³-hybridized carbons (Fsp3) is 0.167. The number of nitrogens with zero attached hydrogens (tertiary/aromatic N) is 3. The second kappa shape index (κ2) is 6.62. The van der Waals surface area contributed by atoms with Crippen LogP contribution in [0.15, 0.2) is 57.6 Å². The first-order valence-electron chi connectivity index (χ1n) is 8.07. The van der Waals surface area contributed by atoms with Crippen LogP contribution < -0.4 is 10.5 Å². The molecular weight excluding hydrogens is 368 g/mol. The molecule has 1 unspecified atom stereocenters. The molecule has 0 spiro atoms. The van der Waals surface area contributed by atoms with E-state index in [1.807, 2.05) is 50.2 Å². The molecule has 8 heteroatoms. The number of nitrogen functional groups attached to an aromatic ring is 1. The molecule has 26 heavy (non-hydrogen) atoms. The Labute approximate surface area is 156 Å². The predicted octanol–water partition coefficient (Wildman–Crippen LogP) is 3.14. The minimum absolute atomic E-state index is 0.0377. The third-order valence-electron chi connectivity index (χ3n) is 3.92. The van der Waals surface area contributed by atoms with Crippen LogP contribution in [0.3, 0.4) is 0 Å². The van der Waals surface area contributed by atoms with E-state index < -0.39 is 10.8 Å². The topological polar surface area (TPSA) is 85.9 Å². The SMILES string of the molecule is CC(C)S(=O)c1sc2nc(-c3ncco3)cc(-c3ccccc3)c2[n+]1N. The van der Waals surface area contributed by atoms with E-state index in [-0.39, 0.29) is 5.25 Å². The van der Waals surface area contributed by atoms with Crippen LogP contribution >= 0.6 is 11.3 Å². The van der Waals surface area contributed by atoms with E-state index in [2.05, 4.69) is 9.97 Å². The minimum atomic E-state index is -1.21. The van der Waals surface area contributed by atoms with E-state index in [9.17, 15) is 4.21 Å². The van der Waals surface area contributed by atoms with Gasteiger partial charge in [-0.05, 0) is 23.0 Å². The smallest absolute Gasteiger partial charge is 0.358 e. The lowest BCUT2D eigenvalue weighted by atomic mass is 10.1. The van der Waals surface area contributed by atoms with Crippen molar-refractivity contribution in [2.24, 2.45) is 0 Å². The Morgan fingerprint density at radius 1 is 1.27 bits per heavy atom. The summed E-state index contributed by atoms with van der Waals surface area (Å²) in [4.78, 5) is 9.55. The van der Waals surface area contributed by atoms with Crippen molar-refractivity contribution in [3.05, 3.63) is 48.9 Å². The van der Waals surface area contributed by atoms with E-state index in [4.69, 9.17) is 10.3 Å². The summed E-state index contributed by atoms with van der Waals surface area (Å²) in [6, 6.07) is 11.8. The first kappa shape index (κ1) is 16.9. The number of benzene rings is 1. The van der Waals surface area contributed by atoms with E-state index in [1.165, 1.54) is 22.3 Å². The van der Waals surface area contributed by atoms with Crippen LogP contribution in [0.2, 0.25) is 0 Å². The summed E-state index contributed by atoms with van der Waals surface area (Å²) in [7, 11) is -1.21. The molecule has 2 N–H and O–H groups in total. The molecule has 0 saturated carbocycles. The second-order valence-corrected chi connectivity index (χ2v) is 9.16. The largest absolute Gasteiger partial charge is 0.443 e. The first-order valence-corrected chi connectivity index (χ1v) is 10.1. The number of fused-ring (bicyclic) bond motifs is 1. The van der Waals surface area contributed by atoms with Crippen molar-refractivity contribution < 1.29 is 13.3 Å². The molecule has 132 valence electrons. The van der Waals surface area contributed by atoms with Gasteiger partial charge in [0.2, 0.25) is 5.89 Å². The fourth-order valence-corrected chi connectivity index (χ4v) is 5.31. The van der Waals surface area contributed by atoms with Gasteiger partial charge in [0.05, 0.1) is 11.8 Å². The molecular formula is C18H17N4O2S2+. The summed E-state index contributed by atoms with van der Waals surface area (Å²) in [5.74, 6) is 6.78. The lowest BCUT2D eigenvalue weighted by Crippen LogP contribution is -2.47. The number of rotatable bonds is 4.